The molecule has 0 amide bonds. The molecule has 0 aliphatic rings. The lowest BCUT2D eigenvalue weighted by Gasteiger charge is -2.06. The molecule has 18 heavy (non-hydrogen) atoms. The summed E-state index contributed by atoms with van der Waals surface area (Å²) in [7, 11) is 2.84. The van der Waals surface area contributed by atoms with Gasteiger partial charge in [0.2, 0.25) is 0 Å². The number of carbonyl (C=O) groups is 1. The molecule has 0 aromatic carbocycles. The highest BCUT2D eigenvalue weighted by Gasteiger charge is 2.19. The topological polar surface area (TPSA) is 73.1 Å². The number of esters is 1. The van der Waals surface area contributed by atoms with Crippen molar-refractivity contribution in [1.82, 2.24) is 9.38 Å². The quantitative estimate of drug-likeness (QED) is 0.807. The molecule has 2 aromatic rings. The predicted molar refractivity (Wildman–Crippen MR) is 63.9 cm³/mol. The van der Waals surface area contributed by atoms with E-state index in [9.17, 15) is 4.79 Å². The fourth-order valence-corrected chi connectivity index (χ4v) is 1.85. The maximum atomic E-state index is 11.6. The summed E-state index contributed by atoms with van der Waals surface area (Å²) in [6.45, 7) is -0.0578. The number of aromatic nitrogens is 2. The third kappa shape index (κ3) is 1.91. The van der Waals surface area contributed by atoms with Crippen LogP contribution >= 0.6 is 0 Å². The van der Waals surface area contributed by atoms with Crippen molar-refractivity contribution in [1.29, 1.82) is 0 Å². The summed E-state index contributed by atoms with van der Waals surface area (Å²) in [5.41, 5.74) is 0.824. The molecule has 0 atom stereocenters. The monoisotopic (exact) mass is 250 g/mol. The summed E-state index contributed by atoms with van der Waals surface area (Å²) in [6, 6.07) is 5.28. The molecule has 0 aliphatic carbocycles. The first-order valence-corrected chi connectivity index (χ1v) is 5.46. The highest BCUT2D eigenvalue weighted by molar-refractivity contribution is 5.95. The molecule has 2 rings (SSSR count). The average Bonchev–Trinajstić information content (AvgIpc) is 2.77. The van der Waals surface area contributed by atoms with Crippen LogP contribution < -0.4 is 4.74 Å². The van der Waals surface area contributed by atoms with Crippen molar-refractivity contribution in [2.45, 2.75) is 6.42 Å². The SMILES string of the molecule is COC(=O)c1nc(CCO)n2c(OC)cccc12. The van der Waals surface area contributed by atoms with Crippen LogP contribution in [0.1, 0.15) is 16.3 Å². The second kappa shape index (κ2) is 5.05. The first-order chi connectivity index (χ1) is 8.72. The van der Waals surface area contributed by atoms with Crippen LogP contribution in [0.2, 0.25) is 0 Å². The zero-order chi connectivity index (χ0) is 13.1. The Kier molecular flexibility index (Phi) is 3.47. The Morgan fingerprint density at radius 1 is 1.44 bits per heavy atom. The number of hydrogen-bond acceptors (Lipinski definition) is 5. The van der Waals surface area contributed by atoms with Crippen molar-refractivity contribution in [2.24, 2.45) is 0 Å². The van der Waals surface area contributed by atoms with Crippen molar-refractivity contribution >= 4 is 11.5 Å². The van der Waals surface area contributed by atoms with Gasteiger partial charge in [-0.2, -0.15) is 0 Å². The van der Waals surface area contributed by atoms with Gasteiger partial charge in [-0.15, -0.1) is 0 Å². The van der Waals surface area contributed by atoms with Gasteiger partial charge in [0.1, 0.15) is 5.82 Å². The molecule has 0 spiro atoms. The Balaban J connectivity index is 2.71. The van der Waals surface area contributed by atoms with Crippen LogP contribution in [0.4, 0.5) is 0 Å². The highest BCUT2D eigenvalue weighted by Crippen LogP contribution is 2.21. The first-order valence-electron chi connectivity index (χ1n) is 5.46. The minimum absolute atomic E-state index is 0.0578. The summed E-state index contributed by atoms with van der Waals surface area (Å²) in [5.74, 6) is 0.605. The number of fused-ring (bicyclic) bond motifs is 1. The lowest BCUT2D eigenvalue weighted by atomic mass is 10.3. The number of hydrogen-bond donors (Lipinski definition) is 1. The molecule has 0 saturated heterocycles. The molecule has 0 fully saturated rings. The number of pyridine rings is 1. The molecule has 0 unspecified atom stereocenters. The molecule has 6 heteroatoms. The average molecular weight is 250 g/mol. The summed E-state index contributed by atoms with van der Waals surface area (Å²) >= 11 is 0. The zero-order valence-electron chi connectivity index (χ0n) is 10.2. The van der Waals surface area contributed by atoms with Gasteiger partial charge in [0.25, 0.3) is 0 Å². The number of carbonyl (C=O) groups excluding carboxylic acids is 1. The summed E-state index contributed by atoms with van der Waals surface area (Å²) in [5, 5.41) is 9.04. The summed E-state index contributed by atoms with van der Waals surface area (Å²) in [6.07, 6.45) is 0.332. The van der Waals surface area contributed by atoms with Crippen LogP contribution in [0.25, 0.3) is 5.52 Å². The lowest BCUT2D eigenvalue weighted by molar-refractivity contribution is 0.0596. The second-order valence-corrected chi connectivity index (χ2v) is 3.63. The van der Waals surface area contributed by atoms with Gasteiger partial charge in [-0.3, -0.25) is 4.40 Å². The zero-order valence-corrected chi connectivity index (χ0v) is 10.2. The van der Waals surface area contributed by atoms with Crippen LogP contribution in [0.5, 0.6) is 5.88 Å². The molecular formula is C12H14N2O4. The molecular weight excluding hydrogens is 236 g/mol. The van der Waals surface area contributed by atoms with E-state index in [4.69, 9.17) is 14.6 Å². The Morgan fingerprint density at radius 3 is 2.83 bits per heavy atom. The fourth-order valence-electron chi connectivity index (χ4n) is 1.85. The lowest BCUT2D eigenvalue weighted by Crippen LogP contribution is -2.02. The largest absolute Gasteiger partial charge is 0.482 e. The standard InChI is InChI=1S/C12H14N2O4/c1-17-10-5-3-4-8-11(12(16)18-2)13-9(6-7-15)14(8)10/h3-5,15H,6-7H2,1-2H3. The molecule has 0 bridgehead atoms. The minimum Gasteiger partial charge on any atom is -0.482 e. The van der Waals surface area contributed by atoms with Crippen molar-refractivity contribution < 1.29 is 19.4 Å². The summed E-state index contributed by atoms with van der Waals surface area (Å²) in [4.78, 5) is 15.9. The van der Waals surface area contributed by atoms with Gasteiger partial charge in [-0.05, 0) is 12.1 Å². The Labute approximate surface area is 104 Å². The molecule has 0 radical (unpaired) electrons. The van der Waals surface area contributed by atoms with E-state index in [1.54, 1.807) is 22.6 Å². The minimum atomic E-state index is -0.509. The predicted octanol–water partition coefficient (Wildman–Crippen LogP) is 0.664. The smallest absolute Gasteiger partial charge is 0.358 e. The van der Waals surface area contributed by atoms with Crippen molar-refractivity contribution in [3.8, 4) is 5.88 Å². The van der Waals surface area contributed by atoms with Crippen LogP contribution in [-0.4, -0.2) is 41.3 Å². The van der Waals surface area contributed by atoms with E-state index in [2.05, 4.69) is 4.98 Å². The number of ether oxygens (including phenoxy) is 2. The maximum Gasteiger partial charge on any atom is 0.358 e. The second-order valence-electron chi connectivity index (χ2n) is 3.63. The Bertz CT molecular complexity index is 577. The van der Waals surface area contributed by atoms with Gasteiger partial charge in [-0.25, -0.2) is 9.78 Å². The normalized spacial score (nSPS) is 10.6. The number of rotatable bonds is 4. The molecule has 2 heterocycles. The van der Waals surface area contributed by atoms with Crippen LogP contribution in [-0.2, 0) is 11.2 Å². The van der Waals surface area contributed by atoms with Crippen LogP contribution in [0, 0.1) is 0 Å². The van der Waals surface area contributed by atoms with Crippen molar-refractivity contribution in [3.63, 3.8) is 0 Å². The fraction of sp³-hybridized carbons (Fsp3) is 0.333. The first kappa shape index (κ1) is 12.4. The number of aliphatic hydroxyl groups excluding tert-OH is 1. The van der Waals surface area contributed by atoms with Crippen molar-refractivity contribution in [3.05, 3.63) is 29.7 Å². The number of methoxy groups -OCH3 is 2. The third-order valence-electron chi connectivity index (χ3n) is 2.62. The van der Waals surface area contributed by atoms with Crippen LogP contribution in [0.3, 0.4) is 0 Å². The molecule has 2 aromatic heterocycles. The Morgan fingerprint density at radius 2 is 2.22 bits per heavy atom. The van der Waals surface area contributed by atoms with E-state index in [-0.39, 0.29) is 12.3 Å². The molecule has 96 valence electrons. The van der Waals surface area contributed by atoms with E-state index in [1.165, 1.54) is 14.2 Å². The number of imidazole rings is 1. The van der Waals surface area contributed by atoms with Gasteiger partial charge in [0.15, 0.2) is 11.6 Å². The van der Waals surface area contributed by atoms with E-state index < -0.39 is 5.97 Å². The molecule has 6 nitrogen and oxygen atoms in total. The van der Waals surface area contributed by atoms with Gasteiger partial charge >= 0.3 is 5.97 Å². The van der Waals surface area contributed by atoms with E-state index >= 15 is 0 Å². The van der Waals surface area contributed by atoms with Gasteiger partial charge in [-0.1, -0.05) is 6.07 Å². The summed E-state index contributed by atoms with van der Waals surface area (Å²) < 4.78 is 11.6. The van der Waals surface area contributed by atoms with E-state index in [1.807, 2.05) is 0 Å². The highest BCUT2D eigenvalue weighted by atomic mass is 16.5. The molecule has 0 saturated carbocycles. The molecule has 0 aliphatic heterocycles. The van der Waals surface area contributed by atoms with Gasteiger partial charge in [0, 0.05) is 6.42 Å². The number of nitrogens with zero attached hydrogens (tertiary/aromatic N) is 2. The third-order valence-corrected chi connectivity index (χ3v) is 2.62. The number of aliphatic hydroxyl groups is 1. The maximum absolute atomic E-state index is 11.6. The van der Waals surface area contributed by atoms with E-state index in [0.717, 1.165) is 0 Å². The van der Waals surface area contributed by atoms with Gasteiger partial charge < -0.3 is 14.6 Å². The van der Waals surface area contributed by atoms with E-state index in [0.29, 0.717) is 23.6 Å². The Hall–Kier alpha value is -2.08. The van der Waals surface area contributed by atoms with Crippen molar-refractivity contribution in [2.75, 3.05) is 20.8 Å². The van der Waals surface area contributed by atoms with Gasteiger partial charge in [0.05, 0.1) is 26.3 Å². The van der Waals surface area contributed by atoms with Crippen LogP contribution in [0.15, 0.2) is 18.2 Å². The molecule has 1 N–H and O–H groups in total.